The lowest BCUT2D eigenvalue weighted by Crippen LogP contribution is -2.41. The topological polar surface area (TPSA) is 131 Å². The van der Waals surface area contributed by atoms with E-state index in [1.54, 1.807) is 43.9 Å². The number of aryl methyl sites for hydroxylation is 1. The second-order valence-electron chi connectivity index (χ2n) is 15.0. The summed E-state index contributed by atoms with van der Waals surface area (Å²) in [5, 5.41) is 10.2. The number of halogens is 1. The SMILES string of the molecule is Cc1cc(CC2CN(C(=O)OC(C)(C)C)CC2NCCNCc2ccc(Cl)cc2C(=O)OC(C)(C)C)nc(NC(=O)OC(C)(C)C)c1. The second kappa shape index (κ2) is 15.7. The van der Waals surface area contributed by atoms with Gasteiger partial charge in [0.05, 0.1) is 5.56 Å². The van der Waals surface area contributed by atoms with Gasteiger partial charge in [-0.1, -0.05) is 17.7 Å². The first-order valence-electron chi connectivity index (χ1n) is 16.1. The van der Waals surface area contributed by atoms with Crippen LogP contribution in [0.1, 0.15) is 89.5 Å². The highest BCUT2D eigenvalue weighted by Gasteiger charge is 2.37. The fraction of sp³-hybridized carbons (Fsp3) is 0.600. The molecule has 0 saturated carbocycles. The molecule has 1 aromatic heterocycles. The first-order valence-corrected chi connectivity index (χ1v) is 16.5. The van der Waals surface area contributed by atoms with E-state index < -0.39 is 28.9 Å². The van der Waals surface area contributed by atoms with Crippen LogP contribution in [0.15, 0.2) is 30.3 Å². The highest BCUT2D eigenvalue weighted by atomic mass is 35.5. The molecule has 11 nitrogen and oxygen atoms in total. The number of carbonyl (C=O) groups excluding carboxylic acids is 3. The standard InChI is InChI=1S/C35H52ClN5O6/c1-22-15-26(39-29(16-22)40-31(43)46-34(5,6)7)17-24-20-41(32(44)47-35(8,9)10)21-28(24)38-14-13-37-19-23-11-12-25(36)18-27(23)30(42)45-33(2,3)4/h11-12,15-16,18,24,28,37-38H,13-14,17,19-21H2,1-10H3,(H,39,40,43). The minimum Gasteiger partial charge on any atom is -0.456 e. The Morgan fingerprint density at radius 2 is 1.55 bits per heavy atom. The maximum atomic E-state index is 13.0. The van der Waals surface area contributed by atoms with Crippen LogP contribution in [0.4, 0.5) is 15.4 Å². The number of nitrogens with one attached hydrogen (secondary N) is 3. The van der Waals surface area contributed by atoms with E-state index in [9.17, 15) is 14.4 Å². The molecule has 2 amide bonds. The highest BCUT2D eigenvalue weighted by molar-refractivity contribution is 6.31. The summed E-state index contributed by atoms with van der Waals surface area (Å²) in [7, 11) is 0. The van der Waals surface area contributed by atoms with Crippen LogP contribution in [0.25, 0.3) is 0 Å². The Labute approximate surface area is 284 Å². The van der Waals surface area contributed by atoms with Crippen molar-refractivity contribution in [3.05, 3.63) is 57.7 Å². The van der Waals surface area contributed by atoms with Crippen LogP contribution in [-0.2, 0) is 27.2 Å². The number of rotatable bonds is 10. The first kappa shape index (κ1) is 38.0. The summed E-state index contributed by atoms with van der Waals surface area (Å²) in [6.45, 7) is 21.1. The Balaban J connectivity index is 1.67. The largest absolute Gasteiger partial charge is 0.456 e. The van der Waals surface area contributed by atoms with Crippen LogP contribution in [0.2, 0.25) is 5.02 Å². The minimum atomic E-state index is -0.630. The Hall–Kier alpha value is -3.41. The van der Waals surface area contributed by atoms with Gasteiger partial charge in [-0.15, -0.1) is 0 Å². The number of pyridine rings is 1. The van der Waals surface area contributed by atoms with Crippen LogP contribution >= 0.6 is 11.6 Å². The normalized spacial score (nSPS) is 17.0. The zero-order chi connectivity index (χ0) is 35.2. The highest BCUT2D eigenvalue weighted by Crippen LogP contribution is 2.25. The molecule has 1 aromatic carbocycles. The summed E-state index contributed by atoms with van der Waals surface area (Å²) in [5.74, 6) is 0.0410. The quantitative estimate of drug-likeness (QED) is 0.147. The third-order valence-corrected chi connectivity index (χ3v) is 7.17. The molecule has 260 valence electrons. The van der Waals surface area contributed by atoms with E-state index in [1.165, 1.54) is 0 Å². The number of anilines is 1. The molecule has 0 radical (unpaired) electrons. The van der Waals surface area contributed by atoms with Gasteiger partial charge in [0.2, 0.25) is 0 Å². The molecule has 2 aromatic rings. The van der Waals surface area contributed by atoms with E-state index in [0.717, 1.165) is 16.8 Å². The molecule has 12 heteroatoms. The summed E-state index contributed by atoms with van der Waals surface area (Å²) in [4.78, 5) is 44.6. The fourth-order valence-corrected chi connectivity index (χ4v) is 5.34. The molecule has 2 heterocycles. The van der Waals surface area contributed by atoms with Gasteiger partial charge in [-0.05, 0) is 117 Å². The van der Waals surface area contributed by atoms with Gasteiger partial charge >= 0.3 is 18.2 Å². The number of amides is 2. The zero-order valence-corrected chi connectivity index (χ0v) is 30.3. The van der Waals surface area contributed by atoms with E-state index in [4.69, 9.17) is 30.8 Å². The second-order valence-corrected chi connectivity index (χ2v) is 15.5. The predicted octanol–water partition coefficient (Wildman–Crippen LogP) is 6.50. The van der Waals surface area contributed by atoms with Gasteiger partial charge in [-0.25, -0.2) is 19.4 Å². The van der Waals surface area contributed by atoms with Crippen molar-refractivity contribution in [3.8, 4) is 0 Å². The van der Waals surface area contributed by atoms with Crippen molar-refractivity contribution >= 4 is 35.6 Å². The molecule has 2 unspecified atom stereocenters. The van der Waals surface area contributed by atoms with Crippen LogP contribution in [0.3, 0.4) is 0 Å². The van der Waals surface area contributed by atoms with E-state index >= 15 is 0 Å². The lowest BCUT2D eigenvalue weighted by Gasteiger charge is -2.24. The van der Waals surface area contributed by atoms with Crippen LogP contribution < -0.4 is 16.0 Å². The lowest BCUT2D eigenvalue weighted by atomic mass is 9.97. The summed E-state index contributed by atoms with van der Waals surface area (Å²) in [6.07, 6.45) is -0.340. The molecule has 1 aliphatic rings. The Bertz CT molecular complexity index is 1410. The molecule has 1 aliphatic heterocycles. The third-order valence-electron chi connectivity index (χ3n) is 6.93. The fourth-order valence-electron chi connectivity index (χ4n) is 5.16. The van der Waals surface area contributed by atoms with Crippen molar-refractivity contribution in [3.63, 3.8) is 0 Å². The Kier molecular flexibility index (Phi) is 12.7. The van der Waals surface area contributed by atoms with E-state index in [0.29, 0.717) is 55.5 Å². The van der Waals surface area contributed by atoms with Crippen molar-refractivity contribution in [1.29, 1.82) is 0 Å². The van der Waals surface area contributed by atoms with E-state index in [2.05, 4.69) is 16.0 Å². The van der Waals surface area contributed by atoms with Crippen LogP contribution in [0, 0.1) is 12.8 Å². The molecule has 3 rings (SSSR count). The van der Waals surface area contributed by atoms with Gasteiger partial charge in [-0.2, -0.15) is 0 Å². The molecule has 2 atom stereocenters. The third kappa shape index (κ3) is 13.3. The lowest BCUT2D eigenvalue weighted by molar-refractivity contribution is 0.00673. The number of aromatic nitrogens is 1. The number of nitrogens with zero attached hydrogens (tertiary/aromatic N) is 2. The van der Waals surface area contributed by atoms with Gasteiger partial charge in [0, 0.05) is 49.5 Å². The number of carbonyl (C=O) groups is 3. The monoisotopic (exact) mass is 673 g/mol. The van der Waals surface area contributed by atoms with Gasteiger partial charge in [0.15, 0.2) is 0 Å². The number of benzene rings is 1. The van der Waals surface area contributed by atoms with Crippen molar-refractivity contribution in [2.45, 2.75) is 105 Å². The number of likely N-dealkylation sites (tertiary alicyclic amines) is 1. The summed E-state index contributed by atoms with van der Waals surface area (Å²) in [6, 6.07) is 8.98. The van der Waals surface area contributed by atoms with Gasteiger partial charge in [0.1, 0.15) is 22.6 Å². The van der Waals surface area contributed by atoms with E-state index in [1.807, 2.05) is 60.6 Å². The molecule has 3 N–H and O–H groups in total. The van der Waals surface area contributed by atoms with Gasteiger partial charge in [-0.3, -0.25) is 5.32 Å². The van der Waals surface area contributed by atoms with Crippen LogP contribution in [0.5, 0.6) is 0 Å². The molecule has 1 fully saturated rings. The van der Waals surface area contributed by atoms with E-state index in [-0.39, 0.29) is 18.1 Å². The molecular formula is C35H52ClN5O6. The molecule has 0 aliphatic carbocycles. The predicted molar refractivity (Wildman–Crippen MR) is 184 cm³/mol. The summed E-state index contributed by atoms with van der Waals surface area (Å²) < 4.78 is 16.6. The van der Waals surface area contributed by atoms with Gasteiger partial charge < -0.3 is 29.7 Å². The van der Waals surface area contributed by atoms with Crippen LogP contribution in [-0.4, -0.2) is 77.1 Å². The van der Waals surface area contributed by atoms with Crippen molar-refractivity contribution in [2.75, 3.05) is 31.5 Å². The number of hydrogen-bond donors (Lipinski definition) is 3. The molecule has 47 heavy (non-hydrogen) atoms. The number of esters is 1. The number of hydrogen-bond acceptors (Lipinski definition) is 9. The zero-order valence-electron chi connectivity index (χ0n) is 29.5. The summed E-state index contributed by atoms with van der Waals surface area (Å²) >= 11 is 6.19. The van der Waals surface area contributed by atoms with Gasteiger partial charge in [0.25, 0.3) is 0 Å². The minimum absolute atomic E-state index is 0.0262. The first-order chi connectivity index (χ1) is 21.7. The molecular weight excluding hydrogens is 622 g/mol. The molecule has 0 bridgehead atoms. The molecule has 1 saturated heterocycles. The Morgan fingerprint density at radius 3 is 2.19 bits per heavy atom. The van der Waals surface area contributed by atoms with Crippen molar-refractivity contribution < 1.29 is 28.6 Å². The smallest absolute Gasteiger partial charge is 0.413 e. The maximum absolute atomic E-state index is 13.0. The average molecular weight is 674 g/mol. The molecule has 0 spiro atoms. The Morgan fingerprint density at radius 1 is 0.894 bits per heavy atom. The van der Waals surface area contributed by atoms with Crippen molar-refractivity contribution in [1.82, 2.24) is 20.5 Å². The summed E-state index contributed by atoms with van der Waals surface area (Å²) in [5.41, 5.74) is 1.11. The maximum Gasteiger partial charge on any atom is 0.413 e. The van der Waals surface area contributed by atoms with Crippen molar-refractivity contribution in [2.24, 2.45) is 5.92 Å². The average Bonchev–Trinajstić information content (AvgIpc) is 3.28. The number of ether oxygens (including phenoxy) is 3.